The van der Waals surface area contributed by atoms with Gasteiger partial charge in [-0.05, 0) is 25.7 Å². The number of hydrogen-bond donors (Lipinski definition) is 0. The molecule has 1 saturated carbocycles. The minimum absolute atomic E-state index is 0.397. The van der Waals surface area contributed by atoms with E-state index in [-0.39, 0.29) is 0 Å². The smallest absolute Gasteiger partial charge is 0.133 e. The minimum atomic E-state index is 0.397. The van der Waals surface area contributed by atoms with Crippen molar-refractivity contribution in [2.24, 2.45) is 11.8 Å². The van der Waals surface area contributed by atoms with Gasteiger partial charge in [-0.15, -0.1) is 0 Å². The predicted molar refractivity (Wildman–Crippen MR) is 37.2 cm³/mol. The zero-order valence-corrected chi connectivity index (χ0v) is 6.18. The Morgan fingerprint density at radius 2 is 2.33 bits per heavy atom. The van der Waals surface area contributed by atoms with Gasteiger partial charge in [0.25, 0.3) is 0 Å². The number of carbonyl (C=O) groups excluding carboxylic acids is 1. The van der Waals surface area contributed by atoms with Crippen LogP contribution in [0.4, 0.5) is 0 Å². The van der Waals surface area contributed by atoms with Gasteiger partial charge in [0.05, 0.1) is 0 Å². The van der Waals surface area contributed by atoms with Crippen LogP contribution in [0.1, 0.15) is 33.1 Å². The lowest BCUT2D eigenvalue weighted by molar-refractivity contribution is -0.118. The van der Waals surface area contributed by atoms with Gasteiger partial charge < -0.3 is 0 Å². The number of Topliss-reactive ketones (excluding diaryl/α,β-unsaturated/α-hetero) is 1. The lowest BCUT2D eigenvalue weighted by Gasteiger charge is -1.90. The Balaban J connectivity index is 2.17. The van der Waals surface area contributed by atoms with E-state index in [0.29, 0.717) is 11.7 Å². The molecule has 1 aliphatic carbocycles. The molecule has 0 bridgehead atoms. The predicted octanol–water partition coefficient (Wildman–Crippen LogP) is 2.01. The topological polar surface area (TPSA) is 17.1 Å². The molecule has 0 spiro atoms. The first-order chi connectivity index (χ1) is 4.25. The van der Waals surface area contributed by atoms with Crippen molar-refractivity contribution in [3.8, 4) is 0 Å². The van der Waals surface area contributed by atoms with Gasteiger partial charge >= 0.3 is 0 Å². The van der Waals surface area contributed by atoms with Crippen LogP contribution < -0.4 is 0 Å². The van der Waals surface area contributed by atoms with Crippen molar-refractivity contribution in [1.29, 1.82) is 0 Å². The van der Waals surface area contributed by atoms with Gasteiger partial charge in [0.15, 0.2) is 0 Å². The molecule has 0 aliphatic heterocycles. The molecular formula is C8H14O. The van der Waals surface area contributed by atoms with Crippen LogP contribution in [0.15, 0.2) is 0 Å². The number of rotatable bonds is 3. The van der Waals surface area contributed by atoms with Gasteiger partial charge in [0, 0.05) is 5.92 Å². The van der Waals surface area contributed by atoms with E-state index in [9.17, 15) is 4.79 Å². The lowest BCUT2D eigenvalue weighted by atomic mass is 10.2. The molecule has 9 heavy (non-hydrogen) atoms. The fraction of sp³-hybridized carbons (Fsp3) is 0.875. The molecule has 1 heteroatoms. The third kappa shape index (κ3) is 1.54. The molecule has 1 nitrogen and oxygen atoms in total. The highest BCUT2D eigenvalue weighted by Crippen LogP contribution is 2.42. The molecule has 2 unspecified atom stereocenters. The standard InChI is InChI=1S/C8H14O/c1-3-4-7-5-8(7)6(2)9/h7-8H,3-5H2,1-2H3. The van der Waals surface area contributed by atoms with Crippen molar-refractivity contribution in [1.82, 2.24) is 0 Å². The van der Waals surface area contributed by atoms with Crippen LogP contribution in [0.25, 0.3) is 0 Å². The van der Waals surface area contributed by atoms with E-state index >= 15 is 0 Å². The van der Waals surface area contributed by atoms with Crippen LogP contribution >= 0.6 is 0 Å². The zero-order valence-electron chi connectivity index (χ0n) is 6.18. The van der Waals surface area contributed by atoms with E-state index in [1.54, 1.807) is 6.92 Å². The van der Waals surface area contributed by atoms with E-state index in [1.165, 1.54) is 19.3 Å². The van der Waals surface area contributed by atoms with Crippen molar-refractivity contribution >= 4 is 5.78 Å². The molecule has 0 amide bonds. The minimum Gasteiger partial charge on any atom is -0.300 e. The van der Waals surface area contributed by atoms with Crippen LogP contribution in [0.3, 0.4) is 0 Å². The van der Waals surface area contributed by atoms with Crippen molar-refractivity contribution in [3.05, 3.63) is 0 Å². The van der Waals surface area contributed by atoms with Gasteiger partial charge in [-0.3, -0.25) is 4.79 Å². The average Bonchev–Trinajstić information content (AvgIpc) is 2.47. The molecule has 0 aromatic carbocycles. The highest BCUT2D eigenvalue weighted by molar-refractivity contribution is 5.81. The molecule has 0 heterocycles. The second-order valence-corrected chi connectivity index (χ2v) is 3.00. The normalized spacial score (nSPS) is 32.2. The van der Waals surface area contributed by atoms with Crippen LogP contribution in [0.2, 0.25) is 0 Å². The molecule has 0 aromatic heterocycles. The highest BCUT2D eigenvalue weighted by atomic mass is 16.1. The summed E-state index contributed by atoms with van der Waals surface area (Å²) < 4.78 is 0. The maximum Gasteiger partial charge on any atom is 0.133 e. The quantitative estimate of drug-likeness (QED) is 0.565. The van der Waals surface area contributed by atoms with Crippen molar-refractivity contribution < 1.29 is 4.79 Å². The van der Waals surface area contributed by atoms with Gasteiger partial charge in [-0.2, -0.15) is 0 Å². The monoisotopic (exact) mass is 126 g/mol. The summed E-state index contributed by atoms with van der Waals surface area (Å²) in [4.78, 5) is 10.7. The first-order valence-corrected chi connectivity index (χ1v) is 3.76. The van der Waals surface area contributed by atoms with E-state index in [0.717, 1.165) is 5.92 Å². The lowest BCUT2D eigenvalue weighted by Crippen LogP contribution is -1.94. The summed E-state index contributed by atoms with van der Waals surface area (Å²) in [6.45, 7) is 3.88. The molecule has 0 saturated heterocycles. The summed E-state index contributed by atoms with van der Waals surface area (Å²) in [7, 11) is 0. The van der Waals surface area contributed by atoms with E-state index in [1.807, 2.05) is 0 Å². The number of hydrogen-bond acceptors (Lipinski definition) is 1. The Labute approximate surface area is 56.4 Å². The summed E-state index contributed by atoms with van der Waals surface area (Å²) >= 11 is 0. The van der Waals surface area contributed by atoms with Gasteiger partial charge in [0.2, 0.25) is 0 Å². The molecule has 1 rings (SSSR count). The third-order valence-corrected chi connectivity index (χ3v) is 2.10. The van der Waals surface area contributed by atoms with Crippen molar-refractivity contribution in [2.45, 2.75) is 33.1 Å². The fourth-order valence-electron chi connectivity index (χ4n) is 1.44. The Hall–Kier alpha value is -0.330. The van der Waals surface area contributed by atoms with Gasteiger partial charge in [-0.1, -0.05) is 13.3 Å². The third-order valence-electron chi connectivity index (χ3n) is 2.10. The molecule has 52 valence electrons. The molecule has 1 aliphatic rings. The zero-order chi connectivity index (χ0) is 6.85. The largest absolute Gasteiger partial charge is 0.300 e. The average molecular weight is 126 g/mol. The summed E-state index contributed by atoms with van der Waals surface area (Å²) in [6.07, 6.45) is 3.65. The molecule has 1 fully saturated rings. The molecule has 0 aromatic rings. The fourth-order valence-corrected chi connectivity index (χ4v) is 1.44. The summed E-state index contributed by atoms with van der Waals surface area (Å²) in [5.74, 6) is 1.60. The number of ketones is 1. The highest BCUT2D eigenvalue weighted by Gasteiger charge is 2.39. The van der Waals surface area contributed by atoms with E-state index in [2.05, 4.69) is 6.92 Å². The Bertz CT molecular complexity index is 118. The molecular weight excluding hydrogens is 112 g/mol. The summed E-state index contributed by atoms with van der Waals surface area (Å²) in [5, 5.41) is 0. The maximum absolute atomic E-state index is 10.7. The van der Waals surface area contributed by atoms with Crippen molar-refractivity contribution in [2.75, 3.05) is 0 Å². The van der Waals surface area contributed by atoms with Gasteiger partial charge in [0.1, 0.15) is 5.78 Å². The Morgan fingerprint density at radius 3 is 2.67 bits per heavy atom. The van der Waals surface area contributed by atoms with Crippen LogP contribution in [-0.4, -0.2) is 5.78 Å². The molecule has 0 radical (unpaired) electrons. The van der Waals surface area contributed by atoms with Crippen LogP contribution in [-0.2, 0) is 4.79 Å². The maximum atomic E-state index is 10.7. The first-order valence-electron chi connectivity index (χ1n) is 3.76. The van der Waals surface area contributed by atoms with Crippen LogP contribution in [0.5, 0.6) is 0 Å². The summed E-state index contributed by atoms with van der Waals surface area (Å²) in [6, 6.07) is 0. The SMILES string of the molecule is CCCC1CC1C(C)=O. The summed E-state index contributed by atoms with van der Waals surface area (Å²) in [5.41, 5.74) is 0. The number of carbonyl (C=O) groups is 1. The van der Waals surface area contributed by atoms with Gasteiger partial charge in [-0.25, -0.2) is 0 Å². The second-order valence-electron chi connectivity index (χ2n) is 3.00. The van der Waals surface area contributed by atoms with Crippen LogP contribution in [0, 0.1) is 11.8 Å². The molecule has 0 N–H and O–H groups in total. The first kappa shape index (κ1) is 6.79. The Kier molecular flexibility index (Phi) is 1.89. The van der Waals surface area contributed by atoms with Crippen molar-refractivity contribution in [3.63, 3.8) is 0 Å². The van der Waals surface area contributed by atoms with E-state index < -0.39 is 0 Å². The Morgan fingerprint density at radius 1 is 1.67 bits per heavy atom. The molecule has 2 atom stereocenters. The van der Waals surface area contributed by atoms with E-state index in [4.69, 9.17) is 0 Å². The second kappa shape index (κ2) is 2.51.